The Balaban J connectivity index is 1.62. The van der Waals surface area contributed by atoms with Crippen LogP contribution in [0.1, 0.15) is 5.82 Å². The monoisotopic (exact) mass is 430 g/mol. The van der Waals surface area contributed by atoms with Gasteiger partial charge in [-0.3, -0.25) is 14.6 Å². The van der Waals surface area contributed by atoms with E-state index in [0.29, 0.717) is 0 Å². The molecule has 0 bridgehead atoms. The largest absolute Gasteiger partial charge is 0.479 e. The van der Waals surface area contributed by atoms with Crippen LogP contribution in [0.5, 0.6) is 5.75 Å². The molecule has 1 aliphatic rings. The number of nitrogens with zero attached hydrogens (tertiary/aromatic N) is 5. The van der Waals surface area contributed by atoms with Gasteiger partial charge in [0.1, 0.15) is 11.8 Å². The molecule has 12 nitrogen and oxygen atoms in total. The fourth-order valence-corrected chi connectivity index (χ4v) is 3.03. The quantitative estimate of drug-likeness (QED) is 0.487. The SMILES string of the molecule is N#Cc1ncc(OC2CN(c3cc(-c4c[nH]c(=O)[nH]c4=O)n[nH]c3=O)CC2(F)F)cn1. The number of H-pyrrole nitrogens is 3. The van der Waals surface area contributed by atoms with Gasteiger partial charge < -0.3 is 14.6 Å². The number of rotatable bonds is 4. The molecule has 31 heavy (non-hydrogen) atoms. The molecule has 158 valence electrons. The predicted molar refractivity (Wildman–Crippen MR) is 99.9 cm³/mol. The van der Waals surface area contributed by atoms with Crippen LogP contribution in [-0.4, -0.2) is 55.2 Å². The summed E-state index contributed by atoms with van der Waals surface area (Å²) in [6.45, 7) is -1.19. The van der Waals surface area contributed by atoms with Crippen molar-refractivity contribution in [2.75, 3.05) is 18.0 Å². The lowest BCUT2D eigenvalue weighted by Crippen LogP contribution is -2.36. The molecule has 4 heterocycles. The molecule has 1 atom stereocenters. The molecular weight excluding hydrogens is 418 g/mol. The highest BCUT2D eigenvalue weighted by atomic mass is 19.3. The number of nitrogens with one attached hydrogen (secondary N) is 3. The van der Waals surface area contributed by atoms with Gasteiger partial charge in [0.05, 0.1) is 36.7 Å². The van der Waals surface area contributed by atoms with Gasteiger partial charge in [-0.25, -0.2) is 28.6 Å². The van der Waals surface area contributed by atoms with Crippen LogP contribution in [0.2, 0.25) is 0 Å². The van der Waals surface area contributed by atoms with E-state index in [2.05, 4.69) is 25.1 Å². The van der Waals surface area contributed by atoms with Crippen LogP contribution < -0.4 is 26.4 Å². The summed E-state index contributed by atoms with van der Waals surface area (Å²) in [5, 5.41) is 14.6. The molecule has 1 fully saturated rings. The van der Waals surface area contributed by atoms with E-state index in [4.69, 9.17) is 10.00 Å². The van der Waals surface area contributed by atoms with Gasteiger partial charge in [-0.15, -0.1) is 0 Å². The number of hydrogen-bond acceptors (Lipinski definition) is 9. The summed E-state index contributed by atoms with van der Waals surface area (Å²) in [6, 6.07) is 2.87. The summed E-state index contributed by atoms with van der Waals surface area (Å²) < 4.78 is 34.4. The summed E-state index contributed by atoms with van der Waals surface area (Å²) >= 11 is 0. The van der Waals surface area contributed by atoms with Gasteiger partial charge in [0, 0.05) is 6.20 Å². The first kappa shape index (κ1) is 19.9. The molecule has 14 heteroatoms. The zero-order chi connectivity index (χ0) is 22.2. The van der Waals surface area contributed by atoms with Gasteiger partial charge in [-0.05, 0) is 6.07 Å². The molecule has 0 amide bonds. The van der Waals surface area contributed by atoms with Crippen molar-refractivity contribution in [2.24, 2.45) is 0 Å². The Morgan fingerprint density at radius 3 is 2.65 bits per heavy atom. The Labute approximate surface area is 170 Å². The Hall–Kier alpha value is -4.41. The number of hydrogen-bond donors (Lipinski definition) is 3. The minimum atomic E-state index is -3.33. The summed E-state index contributed by atoms with van der Waals surface area (Å²) in [6.07, 6.45) is 1.67. The molecular formula is C17H12F2N8O4. The van der Waals surface area contributed by atoms with E-state index >= 15 is 0 Å². The standard InChI is InChI=1S/C17H12F2N8O4/c18-17(19)7-27(6-12(17)31-8-3-21-13(2-20)22-4-8)11-1-10(25-26-15(11)29)9-5-23-16(30)24-14(9)28/h1,3-5,12H,6-7H2,(H,26,29)(H2,23,24,28,30). The Morgan fingerprint density at radius 2 is 1.97 bits per heavy atom. The van der Waals surface area contributed by atoms with Crippen LogP contribution in [0.15, 0.2) is 39.0 Å². The number of ether oxygens (including phenoxy) is 1. The first-order valence-electron chi connectivity index (χ1n) is 8.70. The van der Waals surface area contributed by atoms with Crippen molar-refractivity contribution >= 4 is 5.69 Å². The van der Waals surface area contributed by atoms with Gasteiger partial charge in [-0.2, -0.15) is 10.4 Å². The van der Waals surface area contributed by atoms with Crippen LogP contribution in [0.4, 0.5) is 14.5 Å². The number of aromatic amines is 3. The van der Waals surface area contributed by atoms with Crippen molar-refractivity contribution in [2.45, 2.75) is 12.0 Å². The number of anilines is 1. The van der Waals surface area contributed by atoms with Gasteiger partial charge in [-0.1, -0.05) is 0 Å². The van der Waals surface area contributed by atoms with Crippen molar-refractivity contribution in [3.8, 4) is 23.1 Å². The van der Waals surface area contributed by atoms with Crippen molar-refractivity contribution in [3.05, 3.63) is 61.7 Å². The zero-order valence-corrected chi connectivity index (χ0v) is 15.4. The van der Waals surface area contributed by atoms with E-state index in [9.17, 15) is 23.2 Å². The van der Waals surface area contributed by atoms with Crippen LogP contribution in [0.25, 0.3) is 11.3 Å². The average Bonchev–Trinajstić information content (AvgIpc) is 3.03. The third-order valence-electron chi connectivity index (χ3n) is 4.49. The highest BCUT2D eigenvalue weighted by molar-refractivity contribution is 5.62. The smallest absolute Gasteiger partial charge is 0.325 e. The van der Waals surface area contributed by atoms with Crippen LogP contribution >= 0.6 is 0 Å². The Kier molecular flexibility index (Phi) is 4.78. The molecule has 3 N–H and O–H groups in total. The normalized spacial score (nSPS) is 17.3. The number of nitriles is 1. The first-order chi connectivity index (χ1) is 14.8. The molecule has 1 unspecified atom stereocenters. The third kappa shape index (κ3) is 3.88. The van der Waals surface area contributed by atoms with E-state index < -0.39 is 35.4 Å². The fourth-order valence-electron chi connectivity index (χ4n) is 3.03. The highest BCUT2D eigenvalue weighted by Gasteiger charge is 2.50. The lowest BCUT2D eigenvalue weighted by atomic mass is 10.2. The van der Waals surface area contributed by atoms with E-state index in [1.54, 1.807) is 6.07 Å². The molecule has 0 aliphatic carbocycles. The molecule has 0 radical (unpaired) electrons. The lowest BCUT2D eigenvalue weighted by Gasteiger charge is -2.18. The van der Waals surface area contributed by atoms with E-state index in [1.165, 1.54) is 6.07 Å². The molecule has 3 aromatic heterocycles. The minimum Gasteiger partial charge on any atom is -0.479 e. The molecule has 1 aliphatic heterocycles. The van der Waals surface area contributed by atoms with E-state index in [0.717, 1.165) is 23.5 Å². The molecule has 4 rings (SSSR count). The van der Waals surface area contributed by atoms with Crippen molar-refractivity contribution < 1.29 is 13.5 Å². The summed E-state index contributed by atoms with van der Waals surface area (Å²) in [7, 11) is 0. The lowest BCUT2D eigenvalue weighted by molar-refractivity contribution is -0.0596. The average molecular weight is 430 g/mol. The first-order valence-corrected chi connectivity index (χ1v) is 8.70. The number of alkyl halides is 2. The molecule has 1 saturated heterocycles. The van der Waals surface area contributed by atoms with Gasteiger partial charge >= 0.3 is 11.6 Å². The van der Waals surface area contributed by atoms with E-state index in [1.807, 2.05) is 4.98 Å². The molecule has 0 aromatic carbocycles. The van der Waals surface area contributed by atoms with Crippen LogP contribution in [0, 0.1) is 11.3 Å². The van der Waals surface area contributed by atoms with Crippen LogP contribution in [-0.2, 0) is 0 Å². The fraction of sp³-hybridized carbons (Fsp3) is 0.235. The molecule has 3 aromatic rings. The van der Waals surface area contributed by atoms with Gasteiger partial charge in [0.15, 0.2) is 11.9 Å². The topological polar surface area (TPSA) is 174 Å². The molecule has 0 spiro atoms. The third-order valence-corrected chi connectivity index (χ3v) is 4.49. The maximum Gasteiger partial charge on any atom is 0.325 e. The minimum absolute atomic E-state index is 0.0275. The highest BCUT2D eigenvalue weighted by Crippen LogP contribution is 2.33. The van der Waals surface area contributed by atoms with Gasteiger partial charge in [0.2, 0.25) is 5.82 Å². The summed E-state index contributed by atoms with van der Waals surface area (Å²) in [5.41, 5.74) is -2.49. The van der Waals surface area contributed by atoms with Crippen molar-refractivity contribution in [3.63, 3.8) is 0 Å². The summed E-state index contributed by atoms with van der Waals surface area (Å²) in [4.78, 5) is 48.1. The maximum atomic E-state index is 14.6. The molecule has 0 saturated carbocycles. The second-order valence-electron chi connectivity index (χ2n) is 6.56. The van der Waals surface area contributed by atoms with Gasteiger partial charge in [0.25, 0.3) is 11.1 Å². The predicted octanol–water partition coefficient (Wildman–Crippen LogP) is -0.622. The van der Waals surface area contributed by atoms with Crippen molar-refractivity contribution in [1.29, 1.82) is 5.26 Å². The second-order valence-corrected chi connectivity index (χ2v) is 6.56. The zero-order valence-electron chi connectivity index (χ0n) is 15.4. The Morgan fingerprint density at radius 1 is 1.23 bits per heavy atom. The van der Waals surface area contributed by atoms with E-state index in [-0.39, 0.29) is 35.1 Å². The Bertz CT molecular complexity index is 1340. The number of aromatic nitrogens is 6. The summed E-state index contributed by atoms with van der Waals surface area (Å²) in [5.74, 6) is -3.53. The maximum absolute atomic E-state index is 14.6. The second kappa shape index (κ2) is 7.44. The number of halogens is 2. The van der Waals surface area contributed by atoms with Crippen LogP contribution in [0.3, 0.4) is 0 Å². The van der Waals surface area contributed by atoms with Crippen molar-refractivity contribution in [1.82, 2.24) is 30.1 Å².